The van der Waals surface area contributed by atoms with Gasteiger partial charge in [-0.15, -0.1) is 0 Å². The largest absolute Gasteiger partial charge is 0.505 e. The van der Waals surface area contributed by atoms with Gasteiger partial charge < -0.3 is 15.5 Å². The van der Waals surface area contributed by atoms with Gasteiger partial charge in [0.1, 0.15) is 5.76 Å². The smallest absolute Gasteiger partial charge is 0.335 e. The van der Waals surface area contributed by atoms with Crippen LogP contribution in [0.25, 0.3) is 0 Å². The molecule has 0 radical (unpaired) electrons. The van der Waals surface area contributed by atoms with Crippen LogP contribution in [0, 0.1) is 0 Å². The van der Waals surface area contributed by atoms with Crippen molar-refractivity contribution in [2.45, 2.75) is 71.1 Å². The zero-order valence-electron chi connectivity index (χ0n) is 17.6. The monoisotopic (exact) mass is 413 g/mol. The molecule has 0 amide bonds. The molecule has 0 saturated carbocycles. The number of aromatic carboxylic acids is 1. The summed E-state index contributed by atoms with van der Waals surface area (Å²) >= 11 is 0. The van der Waals surface area contributed by atoms with Crippen LogP contribution in [-0.2, 0) is 9.59 Å². The van der Waals surface area contributed by atoms with E-state index < -0.39 is 17.5 Å². The highest BCUT2D eigenvalue weighted by molar-refractivity contribution is 6.48. The summed E-state index contributed by atoms with van der Waals surface area (Å²) in [4.78, 5) is 35.2. The molecule has 0 fully saturated rings. The molecule has 0 aromatic heterocycles. The third kappa shape index (κ3) is 6.87. The van der Waals surface area contributed by atoms with E-state index in [1.165, 1.54) is 50.7 Å². The third-order valence-corrected chi connectivity index (χ3v) is 5.26. The fraction of sp³-hybridized carbons (Fsp3) is 0.458. The highest BCUT2D eigenvalue weighted by Crippen LogP contribution is 2.25. The Balaban J connectivity index is 1.89. The van der Waals surface area contributed by atoms with Crippen molar-refractivity contribution >= 4 is 23.2 Å². The molecule has 1 aliphatic rings. The minimum absolute atomic E-state index is 0.134. The van der Waals surface area contributed by atoms with Gasteiger partial charge in [0.15, 0.2) is 0 Å². The Morgan fingerprint density at radius 3 is 2.03 bits per heavy atom. The zero-order valence-corrected chi connectivity index (χ0v) is 17.6. The Morgan fingerprint density at radius 1 is 0.900 bits per heavy atom. The summed E-state index contributed by atoms with van der Waals surface area (Å²) in [6, 6.07) is 5.92. The number of hydrogen-bond donors (Lipinski definition) is 3. The van der Waals surface area contributed by atoms with E-state index in [4.69, 9.17) is 5.11 Å². The van der Waals surface area contributed by atoms with Gasteiger partial charge in [0.05, 0.1) is 11.3 Å². The summed E-state index contributed by atoms with van der Waals surface area (Å²) in [6.07, 6.45) is 11.7. The standard InChI is InChI=1S/C24H31NO5/c1-2-3-4-5-6-7-8-9-10-11-19-22(27)20(16-21(26)23(19)28)25-18-14-12-17(13-15-18)24(29)30/h12-16,25,27H,2-11H2,1H3,(H,29,30). The summed E-state index contributed by atoms with van der Waals surface area (Å²) in [5.41, 5.74) is 0.960. The van der Waals surface area contributed by atoms with Crippen molar-refractivity contribution in [1.29, 1.82) is 0 Å². The van der Waals surface area contributed by atoms with Crippen molar-refractivity contribution in [3.63, 3.8) is 0 Å². The van der Waals surface area contributed by atoms with E-state index >= 15 is 0 Å². The van der Waals surface area contributed by atoms with E-state index in [-0.39, 0.29) is 22.6 Å². The molecule has 0 aliphatic heterocycles. The second-order valence-electron chi connectivity index (χ2n) is 7.66. The molecular formula is C24H31NO5. The number of carboxylic acids is 1. The Hall–Kier alpha value is -2.89. The number of carbonyl (C=O) groups excluding carboxylic acids is 2. The van der Waals surface area contributed by atoms with Gasteiger partial charge in [-0.2, -0.15) is 0 Å². The lowest BCUT2D eigenvalue weighted by molar-refractivity contribution is -0.132. The van der Waals surface area contributed by atoms with Crippen LogP contribution < -0.4 is 5.32 Å². The number of ketones is 2. The summed E-state index contributed by atoms with van der Waals surface area (Å²) in [5.74, 6) is -2.56. The van der Waals surface area contributed by atoms with Gasteiger partial charge in [0.2, 0.25) is 11.6 Å². The number of nitrogens with one attached hydrogen (secondary N) is 1. The molecule has 3 N–H and O–H groups in total. The molecule has 0 heterocycles. The maximum absolute atomic E-state index is 12.2. The number of carboxylic acid groups (broad SMARTS) is 1. The Morgan fingerprint density at radius 2 is 1.47 bits per heavy atom. The molecular weight excluding hydrogens is 382 g/mol. The first-order valence-corrected chi connectivity index (χ1v) is 10.8. The number of hydrogen-bond acceptors (Lipinski definition) is 5. The maximum atomic E-state index is 12.2. The molecule has 0 bridgehead atoms. The van der Waals surface area contributed by atoms with Crippen molar-refractivity contribution in [1.82, 2.24) is 0 Å². The first kappa shape index (κ1) is 23.4. The molecule has 6 heteroatoms. The molecule has 2 rings (SSSR count). The van der Waals surface area contributed by atoms with Crippen LogP contribution in [0.4, 0.5) is 5.69 Å². The first-order chi connectivity index (χ1) is 14.4. The minimum atomic E-state index is -1.04. The van der Waals surface area contributed by atoms with Crippen LogP contribution in [0.3, 0.4) is 0 Å². The van der Waals surface area contributed by atoms with Gasteiger partial charge >= 0.3 is 5.97 Å². The number of aliphatic hydroxyl groups is 1. The van der Waals surface area contributed by atoms with Crippen molar-refractivity contribution in [2.24, 2.45) is 0 Å². The van der Waals surface area contributed by atoms with E-state index in [1.807, 2.05) is 0 Å². The van der Waals surface area contributed by atoms with E-state index in [0.29, 0.717) is 12.1 Å². The number of Topliss-reactive ketones (excluding diaryl/α,β-unsaturated/α-hetero) is 1. The second-order valence-corrected chi connectivity index (χ2v) is 7.66. The molecule has 162 valence electrons. The van der Waals surface area contributed by atoms with E-state index in [9.17, 15) is 19.5 Å². The number of carbonyl (C=O) groups is 3. The predicted molar refractivity (Wildman–Crippen MR) is 117 cm³/mol. The Labute approximate surface area is 177 Å². The first-order valence-electron chi connectivity index (χ1n) is 10.8. The lowest BCUT2D eigenvalue weighted by atomic mass is 9.93. The number of rotatable bonds is 13. The molecule has 0 unspecified atom stereocenters. The van der Waals surface area contributed by atoms with Crippen molar-refractivity contribution in [3.8, 4) is 0 Å². The molecule has 0 saturated heterocycles. The summed E-state index contributed by atoms with van der Waals surface area (Å²) < 4.78 is 0. The SMILES string of the molecule is CCCCCCCCCCCC1=C(O)C(Nc2ccc(C(=O)O)cc2)=CC(=O)C1=O. The molecule has 30 heavy (non-hydrogen) atoms. The van der Waals surface area contributed by atoms with Gasteiger partial charge in [-0.05, 0) is 37.1 Å². The van der Waals surface area contributed by atoms with Crippen LogP contribution in [0.15, 0.2) is 47.4 Å². The average molecular weight is 414 g/mol. The highest BCUT2D eigenvalue weighted by atomic mass is 16.4. The van der Waals surface area contributed by atoms with Crippen LogP contribution in [0.1, 0.15) is 81.5 Å². The number of allylic oxidation sites excluding steroid dienone is 2. The van der Waals surface area contributed by atoms with Crippen molar-refractivity contribution < 1.29 is 24.6 Å². The summed E-state index contributed by atoms with van der Waals surface area (Å²) in [6.45, 7) is 2.20. The maximum Gasteiger partial charge on any atom is 0.335 e. The molecule has 0 atom stereocenters. The lowest BCUT2D eigenvalue weighted by Gasteiger charge is -2.18. The Bertz CT molecular complexity index is 821. The normalized spacial score (nSPS) is 14.1. The van der Waals surface area contributed by atoms with Crippen LogP contribution in [0.2, 0.25) is 0 Å². The summed E-state index contributed by atoms with van der Waals surface area (Å²) in [7, 11) is 0. The van der Waals surface area contributed by atoms with Crippen LogP contribution >= 0.6 is 0 Å². The fourth-order valence-electron chi connectivity index (χ4n) is 3.48. The molecule has 1 aromatic rings. The number of benzene rings is 1. The van der Waals surface area contributed by atoms with Gasteiger partial charge in [0.25, 0.3) is 0 Å². The lowest BCUT2D eigenvalue weighted by Crippen LogP contribution is -2.24. The average Bonchev–Trinajstić information content (AvgIpc) is 2.73. The zero-order chi connectivity index (χ0) is 21.9. The van der Waals surface area contributed by atoms with Crippen molar-refractivity contribution in [2.75, 3.05) is 5.32 Å². The van der Waals surface area contributed by atoms with E-state index in [2.05, 4.69) is 12.2 Å². The number of aliphatic hydroxyl groups excluding tert-OH is 1. The molecule has 0 spiro atoms. The second kappa shape index (κ2) is 12.0. The summed E-state index contributed by atoms with van der Waals surface area (Å²) in [5, 5.41) is 22.4. The Kier molecular flexibility index (Phi) is 9.32. The van der Waals surface area contributed by atoms with Gasteiger partial charge in [-0.1, -0.05) is 58.3 Å². The van der Waals surface area contributed by atoms with E-state index in [0.717, 1.165) is 25.3 Å². The van der Waals surface area contributed by atoms with E-state index in [1.54, 1.807) is 12.1 Å². The quantitative estimate of drug-likeness (QED) is 0.222. The van der Waals surface area contributed by atoms with Gasteiger partial charge in [-0.25, -0.2) is 4.79 Å². The molecule has 1 aromatic carbocycles. The fourth-order valence-corrected chi connectivity index (χ4v) is 3.48. The van der Waals surface area contributed by atoms with Crippen molar-refractivity contribution in [3.05, 3.63) is 52.9 Å². The molecule has 1 aliphatic carbocycles. The minimum Gasteiger partial charge on any atom is -0.505 e. The van der Waals surface area contributed by atoms with Gasteiger partial charge in [0, 0.05) is 17.3 Å². The predicted octanol–water partition coefficient (Wildman–Crippen LogP) is 5.57. The topological polar surface area (TPSA) is 104 Å². The van der Waals surface area contributed by atoms with Gasteiger partial charge in [-0.3, -0.25) is 9.59 Å². The third-order valence-electron chi connectivity index (χ3n) is 5.26. The number of unbranched alkanes of at least 4 members (excludes halogenated alkanes) is 8. The van der Waals surface area contributed by atoms with Crippen LogP contribution in [0.5, 0.6) is 0 Å². The highest BCUT2D eigenvalue weighted by Gasteiger charge is 2.28. The number of anilines is 1. The molecule has 6 nitrogen and oxygen atoms in total. The van der Waals surface area contributed by atoms with Crippen LogP contribution in [-0.4, -0.2) is 27.7 Å².